The number of para-hydroxylation sites is 1. The van der Waals surface area contributed by atoms with Gasteiger partial charge in [-0.1, -0.05) is 12.1 Å². The zero-order valence-corrected chi connectivity index (χ0v) is 17.8. The molecule has 1 heterocycles. The van der Waals surface area contributed by atoms with Crippen molar-refractivity contribution in [3.8, 4) is 11.5 Å². The van der Waals surface area contributed by atoms with Gasteiger partial charge in [-0.3, -0.25) is 4.79 Å². The Morgan fingerprint density at radius 3 is 2.67 bits per heavy atom. The van der Waals surface area contributed by atoms with Gasteiger partial charge in [-0.15, -0.1) is 0 Å². The molecule has 0 aliphatic carbocycles. The Kier molecular flexibility index (Phi) is 7.06. The van der Waals surface area contributed by atoms with E-state index in [1.165, 1.54) is 0 Å². The third kappa shape index (κ3) is 4.97. The molecule has 0 amide bonds. The van der Waals surface area contributed by atoms with Crippen molar-refractivity contribution in [3.05, 3.63) is 48.3 Å². The van der Waals surface area contributed by atoms with Gasteiger partial charge in [-0.25, -0.2) is 9.97 Å². The number of nitrogens with zero attached hydrogens (tertiary/aromatic N) is 3. The highest BCUT2D eigenvalue weighted by Gasteiger charge is 2.15. The Hall–Kier alpha value is -3.35. The average molecular weight is 409 g/mol. The molecule has 0 aliphatic heterocycles. The van der Waals surface area contributed by atoms with E-state index in [0.717, 1.165) is 22.4 Å². The third-order valence-electron chi connectivity index (χ3n) is 4.64. The SMILES string of the molecule is CCOC(=O)CCCOc1cc(N(C)c2nc(C)nc3ccccc23)ccc1OC. The molecule has 0 fully saturated rings. The number of carbonyl (C=O) groups is 1. The first-order valence-corrected chi connectivity index (χ1v) is 9.97. The van der Waals surface area contributed by atoms with E-state index in [1.807, 2.05) is 61.3 Å². The minimum absolute atomic E-state index is 0.215. The molecule has 7 nitrogen and oxygen atoms in total. The summed E-state index contributed by atoms with van der Waals surface area (Å²) < 4.78 is 16.3. The van der Waals surface area contributed by atoms with E-state index < -0.39 is 0 Å². The maximum Gasteiger partial charge on any atom is 0.305 e. The second kappa shape index (κ2) is 9.91. The van der Waals surface area contributed by atoms with Crippen LogP contribution in [0.1, 0.15) is 25.6 Å². The van der Waals surface area contributed by atoms with Crippen LogP contribution >= 0.6 is 0 Å². The summed E-state index contributed by atoms with van der Waals surface area (Å²) in [6, 6.07) is 13.7. The van der Waals surface area contributed by atoms with Crippen LogP contribution in [0.3, 0.4) is 0 Å². The van der Waals surface area contributed by atoms with Crippen LogP contribution in [-0.4, -0.2) is 43.3 Å². The van der Waals surface area contributed by atoms with Crippen LogP contribution in [0.4, 0.5) is 11.5 Å². The Labute approximate surface area is 176 Å². The number of hydrogen-bond donors (Lipinski definition) is 0. The Bertz CT molecular complexity index is 1020. The molecule has 0 spiro atoms. The predicted molar refractivity (Wildman–Crippen MR) is 117 cm³/mol. The molecule has 0 bridgehead atoms. The van der Waals surface area contributed by atoms with Gasteiger partial charge < -0.3 is 19.1 Å². The maximum absolute atomic E-state index is 11.5. The van der Waals surface area contributed by atoms with Crippen molar-refractivity contribution in [3.63, 3.8) is 0 Å². The number of rotatable bonds is 9. The Morgan fingerprint density at radius 1 is 1.10 bits per heavy atom. The highest BCUT2D eigenvalue weighted by Crippen LogP contribution is 2.35. The standard InChI is InChI=1S/C23H27N3O4/c1-5-29-22(27)11-8-14-30-21-15-17(12-13-20(21)28-4)26(3)23-18-9-6-7-10-19(18)24-16(2)25-23/h6-7,9-10,12-13,15H,5,8,11,14H2,1-4H3. The van der Waals surface area contributed by atoms with E-state index in [9.17, 15) is 4.79 Å². The molecule has 0 atom stereocenters. The Balaban J connectivity index is 1.81. The summed E-state index contributed by atoms with van der Waals surface area (Å²) in [5.41, 5.74) is 1.80. The summed E-state index contributed by atoms with van der Waals surface area (Å²) in [6.07, 6.45) is 0.889. The van der Waals surface area contributed by atoms with Crippen LogP contribution in [-0.2, 0) is 9.53 Å². The molecule has 0 saturated heterocycles. The fraction of sp³-hybridized carbons (Fsp3) is 0.348. The number of aromatic nitrogens is 2. The summed E-state index contributed by atoms with van der Waals surface area (Å²) in [6.45, 7) is 4.45. The molecule has 2 aromatic carbocycles. The lowest BCUT2D eigenvalue weighted by molar-refractivity contribution is -0.143. The number of anilines is 2. The fourth-order valence-electron chi connectivity index (χ4n) is 3.17. The lowest BCUT2D eigenvalue weighted by Gasteiger charge is -2.22. The van der Waals surface area contributed by atoms with Gasteiger partial charge in [-0.2, -0.15) is 0 Å². The number of methoxy groups -OCH3 is 1. The number of esters is 1. The molecule has 0 N–H and O–H groups in total. The smallest absolute Gasteiger partial charge is 0.305 e. The average Bonchev–Trinajstić information content (AvgIpc) is 2.75. The van der Waals surface area contributed by atoms with E-state index in [1.54, 1.807) is 14.0 Å². The number of hydrogen-bond acceptors (Lipinski definition) is 7. The van der Waals surface area contributed by atoms with E-state index in [-0.39, 0.29) is 5.97 Å². The van der Waals surface area contributed by atoms with Crippen LogP contribution in [0.25, 0.3) is 10.9 Å². The second-order valence-corrected chi connectivity index (χ2v) is 6.76. The highest BCUT2D eigenvalue weighted by atomic mass is 16.5. The molecule has 0 aliphatic rings. The normalized spacial score (nSPS) is 10.7. The molecule has 7 heteroatoms. The van der Waals surface area contributed by atoms with Gasteiger partial charge >= 0.3 is 5.97 Å². The third-order valence-corrected chi connectivity index (χ3v) is 4.64. The molecule has 158 valence electrons. The molecular formula is C23H27N3O4. The lowest BCUT2D eigenvalue weighted by atomic mass is 10.2. The zero-order valence-electron chi connectivity index (χ0n) is 17.8. The lowest BCUT2D eigenvalue weighted by Crippen LogP contribution is -2.13. The number of benzene rings is 2. The Morgan fingerprint density at radius 2 is 1.90 bits per heavy atom. The first-order valence-electron chi connectivity index (χ1n) is 9.97. The molecule has 0 unspecified atom stereocenters. The number of aryl methyl sites for hydroxylation is 1. The van der Waals surface area contributed by atoms with Crippen molar-refractivity contribution >= 4 is 28.4 Å². The van der Waals surface area contributed by atoms with Crippen LogP contribution < -0.4 is 14.4 Å². The number of carbonyl (C=O) groups excluding carboxylic acids is 1. The van der Waals surface area contributed by atoms with Gasteiger partial charge in [0.25, 0.3) is 0 Å². The van der Waals surface area contributed by atoms with Gasteiger partial charge in [0.1, 0.15) is 11.6 Å². The van der Waals surface area contributed by atoms with Gasteiger partial charge in [0.2, 0.25) is 0 Å². The second-order valence-electron chi connectivity index (χ2n) is 6.76. The fourth-order valence-corrected chi connectivity index (χ4v) is 3.17. The topological polar surface area (TPSA) is 73.8 Å². The number of ether oxygens (including phenoxy) is 3. The molecule has 30 heavy (non-hydrogen) atoms. The molecule has 0 radical (unpaired) electrons. The summed E-state index contributed by atoms with van der Waals surface area (Å²) in [5, 5.41) is 0.971. The molecule has 0 saturated carbocycles. The predicted octanol–water partition coefficient (Wildman–Crippen LogP) is 4.44. The molecular weight excluding hydrogens is 382 g/mol. The van der Waals surface area contributed by atoms with Crippen LogP contribution in [0.2, 0.25) is 0 Å². The minimum Gasteiger partial charge on any atom is -0.493 e. The van der Waals surface area contributed by atoms with Gasteiger partial charge in [0.05, 0.1) is 25.8 Å². The van der Waals surface area contributed by atoms with Crippen molar-refractivity contribution in [1.82, 2.24) is 9.97 Å². The van der Waals surface area contributed by atoms with Crippen molar-refractivity contribution in [2.45, 2.75) is 26.7 Å². The van der Waals surface area contributed by atoms with Gasteiger partial charge in [0, 0.05) is 30.6 Å². The van der Waals surface area contributed by atoms with Crippen LogP contribution in [0.5, 0.6) is 11.5 Å². The minimum atomic E-state index is -0.215. The van der Waals surface area contributed by atoms with Crippen molar-refractivity contribution in [2.75, 3.05) is 32.3 Å². The highest BCUT2D eigenvalue weighted by molar-refractivity contribution is 5.91. The quantitative estimate of drug-likeness (QED) is 0.382. The molecule has 3 rings (SSSR count). The summed E-state index contributed by atoms with van der Waals surface area (Å²) >= 11 is 0. The van der Waals surface area contributed by atoms with E-state index in [2.05, 4.69) is 9.97 Å². The largest absolute Gasteiger partial charge is 0.493 e. The number of fused-ring (bicyclic) bond motifs is 1. The van der Waals surface area contributed by atoms with Crippen molar-refractivity contribution in [1.29, 1.82) is 0 Å². The van der Waals surface area contributed by atoms with E-state index in [4.69, 9.17) is 14.2 Å². The summed E-state index contributed by atoms with van der Waals surface area (Å²) in [4.78, 5) is 22.7. The molecule has 3 aromatic rings. The van der Waals surface area contributed by atoms with E-state index in [0.29, 0.717) is 43.4 Å². The maximum atomic E-state index is 11.5. The van der Waals surface area contributed by atoms with Crippen molar-refractivity contribution < 1.29 is 19.0 Å². The monoisotopic (exact) mass is 409 g/mol. The first kappa shape index (κ1) is 21.4. The zero-order chi connectivity index (χ0) is 21.5. The summed E-state index contributed by atoms with van der Waals surface area (Å²) in [5.74, 6) is 2.55. The van der Waals surface area contributed by atoms with Crippen LogP contribution in [0.15, 0.2) is 42.5 Å². The van der Waals surface area contributed by atoms with Crippen molar-refractivity contribution in [2.24, 2.45) is 0 Å². The van der Waals surface area contributed by atoms with E-state index >= 15 is 0 Å². The summed E-state index contributed by atoms with van der Waals surface area (Å²) in [7, 11) is 3.56. The van der Waals surface area contributed by atoms with Gasteiger partial charge in [0.15, 0.2) is 11.5 Å². The van der Waals surface area contributed by atoms with Crippen LogP contribution in [0, 0.1) is 6.92 Å². The molecule has 1 aromatic heterocycles. The van der Waals surface area contributed by atoms with Gasteiger partial charge in [-0.05, 0) is 44.5 Å². The first-order chi connectivity index (χ1) is 14.5.